The molecule has 0 unspecified atom stereocenters. The molecule has 0 radical (unpaired) electrons. The van der Waals surface area contributed by atoms with Gasteiger partial charge in [0.1, 0.15) is 0 Å². The number of hydrogen-bond acceptors (Lipinski definition) is 2. The van der Waals surface area contributed by atoms with Gasteiger partial charge in [-0.15, -0.1) is 0 Å². The van der Waals surface area contributed by atoms with Crippen molar-refractivity contribution in [1.82, 2.24) is 5.32 Å². The van der Waals surface area contributed by atoms with Gasteiger partial charge in [-0.05, 0) is 39.3 Å². The Bertz CT molecular complexity index is 409. The van der Waals surface area contributed by atoms with E-state index in [1.54, 1.807) is 13.8 Å². The van der Waals surface area contributed by atoms with Crippen LogP contribution in [0, 0.1) is 0 Å². The normalized spacial score (nSPS) is 11.4. The van der Waals surface area contributed by atoms with Gasteiger partial charge in [0.2, 0.25) is 0 Å². The molecule has 0 aliphatic carbocycles. The second-order valence-electron chi connectivity index (χ2n) is 5.40. The average Bonchev–Trinajstić information content (AvgIpc) is 2.17. The summed E-state index contributed by atoms with van der Waals surface area (Å²) in [6.45, 7) is 7.31. The number of amides is 2. The number of carbonyl (C=O) groups is 1. The maximum atomic E-state index is 11.7. The Morgan fingerprint density at radius 2 is 1.94 bits per heavy atom. The second-order valence-corrected chi connectivity index (χ2v) is 5.40. The number of para-hydroxylation sites is 1. The van der Waals surface area contributed by atoms with Crippen molar-refractivity contribution in [2.45, 2.75) is 45.8 Å². The van der Waals surface area contributed by atoms with Gasteiger partial charge in [0.25, 0.3) is 0 Å². The highest BCUT2D eigenvalue weighted by Crippen LogP contribution is 2.20. The molecule has 0 atom stereocenters. The van der Waals surface area contributed by atoms with Crippen LogP contribution in [-0.4, -0.2) is 22.8 Å². The van der Waals surface area contributed by atoms with Gasteiger partial charge in [0.15, 0.2) is 0 Å². The lowest BCUT2D eigenvalue weighted by Gasteiger charge is -2.20. The number of rotatable bonds is 4. The van der Waals surface area contributed by atoms with E-state index in [-0.39, 0.29) is 12.1 Å². The third-order valence-corrected chi connectivity index (χ3v) is 2.31. The molecule has 100 valence electrons. The molecule has 18 heavy (non-hydrogen) atoms. The van der Waals surface area contributed by atoms with Gasteiger partial charge < -0.3 is 15.7 Å². The fourth-order valence-electron chi connectivity index (χ4n) is 1.68. The lowest BCUT2D eigenvalue weighted by molar-refractivity contribution is 0.0811. The summed E-state index contributed by atoms with van der Waals surface area (Å²) in [6.07, 6.45) is 0.491. The SMILES string of the molecule is CC(C)NC(=O)Nc1ccccc1CC(C)(C)O. The highest BCUT2D eigenvalue weighted by atomic mass is 16.3. The van der Waals surface area contributed by atoms with Crippen molar-refractivity contribution in [2.24, 2.45) is 0 Å². The average molecular weight is 250 g/mol. The van der Waals surface area contributed by atoms with E-state index in [4.69, 9.17) is 0 Å². The fourth-order valence-corrected chi connectivity index (χ4v) is 1.68. The van der Waals surface area contributed by atoms with Gasteiger partial charge >= 0.3 is 6.03 Å². The number of anilines is 1. The zero-order valence-electron chi connectivity index (χ0n) is 11.4. The topological polar surface area (TPSA) is 61.4 Å². The molecule has 4 heteroatoms. The van der Waals surface area contributed by atoms with Crippen molar-refractivity contribution < 1.29 is 9.90 Å². The van der Waals surface area contributed by atoms with Crippen LogP contribution >= 0.6 is 0 Å². The Labute approximate surface area is 108 Å². The van der Waals surface area contributed by atoms with E-state index in [2.05, 4.69) is 10.6 Å². The minimum Gasteiger partial charge on any atom is -0.390 e. The van der Waals surface area contributed by atoms with Crippen LogP contribution in [0.2, 0.25) is 0 Å². The number of nitrogens with one attached hydrogen (secondary N) is 2. The van der Waals surface area contributed by atoms with Gasteiger partial charge in [-0.25, -0.2) is 4.79 Å². The van der Waals surface area contributed by atoms with E-state index in [0.29, 0.717) is 6.42 Å². The molecule has 0 aliphatic rings. The summed E-state index contributed by atoms with van der Waals surface area (Å²) >= 11 is 0. The third kappa shape index (κ3) is 5.19. The Kier molecular flexibility index (Phi) is 4.73. The molecule has 0 fully saturated rings. The maximum Gasteiger partial charge on any atom is 0.319 e. The van der Waals surface area contributed by atoms with E-state index in [0.717, 1.165) is 11.3 Å². The van der Waals surface area contributed by atoms with Crippen molar-refractivity contribution >= 4 is 11.7 Å². The minimum absolute atomic E-state index is 0.0893. The first-order chi connectivity index (χ1) is 8.28. The maximum absolute atomic E-state index is 11.7. The predicted molar refractivity (Wildman–Crippen MR) is 73.7 cm³/mol. The van der Waals surface area contributed by atoms with E-state index in [1.807, 2.05) is 38.1 Å². The first-order valence-corrected chi connectivity index (χ1v) is 6.16. The first kappa shape index (κ1) is 14.5. The number of aliphatic hydroxyl groups is 1. The molecular formula is C14H22N2O2. The van der Waals surface area contributed by atoms with Gasteiger partial charge in [-0.2, -0.15) is 0 Å². The molecule has 0 aromatic heterocycles. The van der Waals surface area contributed by atoms with E-state index >= 15 is 0 Å². The molecule has 0 bridgehead atoms. The molecule has 1 aromatic rings. The third-order valence-electron chi connectivity index (χ3n) is 2.31. The molecule has 3 N–H and O–H groups in total. The Balaban J connectivity index is 2.79. The molecule has 2 amide bonds. The van der Waals surface area contributed by atoms with Crippen LogP contribution < -0.4 is 10.6 Å². The van der Waals surface area contributed by atoms with Crippen LogP contribution in [0.3, 0.4) is 0 Å². The van der Waals surface area contributed by atoms with Crippen LogP contribution in [0.15, 0.2) is 24.3 Å². The minimum atomic E-state index is -0.799. The molecule has 4 nitrogen and oxygen atoms in total. The summed E-state index contributed by atoms with van der Waals surface area (Å²) < 4.78 is 0. The number of hydrogen-bond donors (Lipinski definition) is 3. The summed E-state index contributed by atoms with van der Waals surface area (Å²) in [5.41, 5.74) is 0.855. The van der Waals surface area contributed by atoms with E-state index < -0.39 is 5.60 Å². The Hall–Kier alpha value is -1.55. The predicted octanol–water partition coefficient (Wildman–Crippen LogP) is 2.53. The summed E-state index contributed by atoms with van der Waals surface area (Å²) in [5, 5.41) is 15.4. The van der Waals surface area contributed by atoms with Crippen molar-refractivity contribution in [3.05, 3.63) is 29.8 Å². The van der Waals surface area contributed by atoms with Gasteiger partial charge in [0.05, 0.1) is 5.60 Å². The first-order valence-electron chi connectivity index (χ1n) is 6.16. The summed E-state index contributed by atoms with van der Waals surface area (Å²) in [6, 6.07) is 7.36. The molecule has 0 heterocycles. The molecular weight excluding hydrogens is 228 g/mol. The fraction of sp³-hybridized carbons (Fsp3) is 0.500. The molecule has 1 rings (SSSR count). The zero-order valence-corrected chi connectivity index (χ0v) is 11.4. The number of benzene rings is 1. The number of urea groups is 1. The zero-order chi connectivity index (χ0) is 13.8. The van der Waals surface area contributed by atoms with Gasteiger partial charge in [0, 0.05) is 18.2 Å². The Morgan fingerprint density at radius 3 is 2.50 bits per heavy atom. The van der Waals surface area contributed by atoms with Crippen LogP contribution in [0.4, 0.5) is 10.5 Å². The highest BCUT2D eigenvalue weighted by molar-refractivity contribution is 5.90. The molecule has 0 spiro atoms. The molecule has 0 saturated heterocycles. The van der Waals surface area contributed by atoms with Crippen molar-refractivity contribution in [3.63, 3.8) is 0 Å². The monoisotopic (exact) mass is 250 g/mol. The molecule has 0 saturated carbocycles. The van der Waals surface area contributed by atoms with Crippen molar-refractivity contribution in [2.75, 3.05) is 5.32 Å². The largest absolute Gasteiger partial charge is 0.390 e. The quantitative estimate of drug-likeness (QED) is 0.769. The molecule has 1 aromatic carbocycles. The summed E-state index contributed by atoms with van der Waals surface area (Å²) in [7, 11) is 0. The van der Waals surface area contributed by atoms with Crippen LogP contribution in [0.25, 0.3) is 0 Å². The van der Waals surface area contributed by atoms with Crippen molar-refractivity contribution in [1.29, 1.82) is 0 Å². The lowest BCUT2D eigenvalue weighted by atomic mass is 9.97. The van der Waals surface area contributed by atoms with Gasteiger partial charge in [-0.3, -0.25) is 0 Å². The Morgan fingerprint density at radius 1 is 1.33 bits per heavy atom. The highest BCUT2D eigenvalue weighted by Gasteiger charge is 2.16. The van der Waals surface area contributed by atoms with Crippen LogP contribution in [-0.2, 0) is 6.42 Å². The van der Waals surface area contributed by atoms with E-state index in [9.17, 15) is 9.90 Å². The van der Waals surface area contributed by atoms with Crippen LogP contribution in [0.5, 0.6) is 0 Å². The summed E-state index contributed by atoms with van der Waals surface area (Å²) in [4.78, 5) is 11.7. The number of carbonyl (C=O) groups excluding carboxylic acids is 1. The lowest BCUT2D eigenvalue weighted by Crippen LogP contribution is -2.34. The van der Waals surface area contributed by atoms with Crippen LogP contribution in [0.1, 0.15) is 33.3 Å². The molecule has 0 aliphatic heterocycles. The second kappa shape index (κ2) is 5.87. The standard InChI is InChI=1S/C14H22N2O2/c1-10(2)15-13(17)16-12-8-6-5-7-11(12)9-14(3,4)18/h5-8,10,18H,9H2,1-4H3,(H2,15,16,17). The summed E-state index contributed by atoms with van der Waals surface area (Å²) in [5.74, 6) is 0. The van der Waals surface area contributed by atoms with Crippen molar-refractivity contribution in [3.8, 4) is 0 Å². The van der Waals surface area contributed by atoms with E-state index in [1.165, 1.54) is 0 Å². The smallest absolute Gasteiger partial charge is 0.319 e. The van der Waals surface area contributed by atoms with Gasteiger partial charge in [-0.1, -0.05) is 18.2 Å².